The highest BCUT2D eigenvalue weighted by molar-refractivity contribution is 5.91. The second kappa shape index (κ2) is 5.56. The fourth-order valence-corrected chi connectivity index (χ4v) is 1.72. The van der Waals surface area contributed by atoms with E-state index in [9.17, 15) is 9.59 Å². The Labute approximate surface area is 109 Å². The lowest BCUT2D eigenvalue weighted by Gasteiger charge is -2.08. The summed E-state index contributed by atoms with van der Waals surface area (Å²) in [5.41, 5.74) is -0.205. The van der Waals surface area contributed by atoms with Gasteiger partial charge < -0.3 is 14.3 Å². The number of fused-ring (bicyclic) bond motifs is 1. The van der Waals surface area contributed by atoms with E-state index in [1.165, 1.54) is 0 Å². The number of para-hydroxylation sites is 1. The van der Waals surface area contributed by atoms with Gasteiger partial charge in [-0.3, -0.25) is 4.79 Å². The molecule has 1 heterocycles. The molecule has 0 aliphatic carbocycles. The number of benzene rings is 1. The number of aromatic carboxylic acids is 1. The third-order valence-corrected chi connectivity index (χ3v) is 2.69. The summed E-state index contributed by atoms with van der Waals surface area (Å²) < 4.78 is 10.5. The van der Waals surface area contributed by atoms with Gasteiger partial charge in [-0.25, -0.2) is 4.79 Å². The average molecular weight is 262 g/mol. The van der Waals surface area contributed by atoms with Gasteiger partial charge in [0.15, 0.2) is 0 Å². The highest BCUT2D eigenvalue weighted by Crippen LogP contribution is 2.21. The van der Waals surface area contributed by atoms with E-state index in [1.807, 2.05) is 6.92 Å². The summed E-state index contributed by atoms with van der Waals surface area (Å²) in [6, 6.07) is 6.50. The Morgan fingerprint density at radius 1 is 1.37 bits per heavy atom. The number of ether oxygens (including phenoxy) is 1. The first-order chi connectivity index (χ1) is 9.15. The Balaban J connectivity index is 2.58. The molecule has 0 fully saturated rings. The molecule has 5 heteroatoms. The van der Waals surface area contributed by atoms with Crippen LogP contribution in [0.15, 0.2) is 33.5 Å². The Bertz CT molecular complexity index is 656. The predicted molar refractivity (Wildman–Crippen MR) is 69.8 cm³/mol. The molecule has 100 valence electrons. The minimum Gasteiger partial charge on any atom is -0.486 e. The van der Waals surface area contributed by atoms with Crippen LogP contribution in [0.25, 0.3) is 11.0 Å². The molecule has 2 aromatic rings. The van der Waals surface area contributed by atoms with Crippen molar-refractivity contribution in [2.45, 2.75) is 19.8 Å². The molecule has 0 aliphatic heterocycles. The van der Waals surface area contributed by atoms with Crippen molar-refractivity contribution in [2.75, 3.05) is 6.61 Å². The van der Waals surface area contributed by atoms with Crippen molar-refractivity contribution in [3.05, 3.63) is 40.2 Å². The van der Waals surface area contributed by atoms with Gasteiger partial charge in [0.2, 0.25) is 11.2 Å². The van der Waals surface area contributed by atoms with Crippen LogP contribution in [0.5, 0.6) is 5.75 Å². The molecule has 0 spiro atoms. The predicted octanol–water partition coefficient (Wildman–Crippen LogP) is 2.67. The van der Waals surface area contributed by atoms with Crippen molar-refractivity contribution in [1.29, 1.82) is 0 Å². The molecule has 0 amide bonds. The molecule has 1 N–H and O–H groups in total. The molecule has 0 saturated heterocycles. The van der Waals surface area contributed by atoms with E-state index in [4.69, 9.17) is 14.3 Å². The lowest BCUT2D eigenvalue weighted by atomic mass is 10.2. The fraction of sp³-hybridized carbons (Fsp3) is 0.286. The SMILES string of the molecule is CCCCOc1c(C(=O)O)oc2ccccc2c1=O. The van der Waals surface area contributed by atoms with Crippen molar-refractivity contribution < 1.29 is 19.1 Å². The summed E-state index contributed by atoms with van der Waals surface area (Å²) in [6.45, 7) is 2.27. The van der Waals surface area contributed by atoms with Crippen LogP contribution in [0.4, 0.5) is 0 Å². The van der Waals surface area contributed by atoms with Crippen LogP contribution in [0, 0.1) is 0 Å². The maximum absolute atomic E-state index is 12.2. The first-order valence-electron chi connectivity index (χ1n) is 6.07. The van der Waals surface area contributed by atoms with E-state index in [2.05, 4.69) is 0 Å². The number of carboxylic acid groups (broad SMARTS) is 1. The summed E-state index contributed by atoms with van der Waals surface area (Å²) in [4.78, 5) is 23.3. The van der Waals surface area contributed by atoms with Crippen LogP contribution < -0.4 is 10.2 Å². The normalized spacial score (nSPS) is 10.6. The zero-order chi connectivity index (χ0) is 13.8. The summed E-state index contributed by atoms with van der Waals surface area (Å²) in [5, 5.41) is 9.41. The van der Waals surface area contributed by atoms with Gasteiger partial charge >= 0.3 is 5.97 Å². The van der Waals surface area contributed by atoms with E-state index < -0.39 is 17.2 Å². The number of hydrogen-bond donors (Lipinski definition) is 1. The van der Waals surface area contributed by atoms with Crippen molar-refractivity contribution in [3.8, 4) is 5.75 Å². The van der Waals surface area contributed by atoms with Gasteiger partial charge in [0, 0.05) is 0 Å². The quantitative estimate of drug-likeness (QED) is 0.838. The molecule has 2 rings (SSSR count). The summed E-state index contributed by atoms with van der Waals surface area (Å²) in [6.07, 6.45) is 1.63. The van der Waals surface area contributed by atoms with Crippen LogP contribution in [-0.4, -0.2) is 17.7 Å². The third-order valence-electron chi connectivity index (χ3n) is 2.69. The zero-order valence-corrected chi connectivity index (χ0v) is 10.5. The van der Waals surface area contributed by atoms with Gasteiger partial charge in [-0.05, 0) is 18.6 Å². The third kappa shape index (κ3) is 2.59. The second-order valence-corrected chi connectivity index (χ2v) is 4.09. The van der Waals surface area contributed by atoms with Crippen LogP contribution >= 0.6 is 0 Å². The maximum Gasteiger partial charge on any atom is 0.375 e. The maximum atomic E-state index is 12.2. The molecule has 19 heavy (non-hydrogen) atoms. The standard InChI is InChI=1S/C14H14O5/c1-2-3-8-18-12-11(15)9-6-4-5-7-10(9)19-13(12)14(16)17/h4-7H,2-3,8H2,1H3,(H,16,17). The molecule has 0 bridgehead atoms. The number of rotatable bonds is 5. The van der Waals surface area contributed by atoms with Gasteiger partial charge in [-0.15, -0.1) is 0 Å². The minimum absolute atomic E-state index is 0.223. The van der Waals surface area contributed by atoms with Crippen molar-refractivity contribution in [1.82, 2.24) is 0 Å². The molecule has 0 unspecified atom stereocenters. The monoisotopic (exact) mass is 262 g/mol. The largest absolute Gasteiger partial charge is 0.486 e. The van der Waals surface area contributed by atoms with Gasteiger partial charge in [0.1, 0.15) is 5.58 Å². The highest BCUT2D eigenvalue weighted by atomic mass is 16.5. The number of carbonyl (C=O) groups is 1. The molecule has 0 atom stereocenters. The van der Waals surface area contributed by atoms with Gasteiger partial charge in [-0.2, -0.15) is 0 Å². The molecule has 0 aliphatic rings. The topological polar surface area (TPSA) is 76.7 Å². The Hall–Kier alpha value is -2.30. The summed E-state index contributed by atoms with van der Waals surface area (Å²) >= 11 is 0. The minimum atomic E-state index is -1.31. The van der Waals surface area contributed by atoms with E-state index in [0.29, 0.717) is 12.0 Å². The number of unbranched alkanes of at least 4 members (excludes halogenated alkanes) is 1. The van der Waals surface area contributed by atoms with Crippen molar-refractivity contribution >= 4 is 16.9 Å². The Morgan fingerprint density at radius 2 is 2.11 bits per heavy atom. The Kier molecular flexibility index (Phi) is 3.85. The van der Waals surface area contributed by atoms with Crippen molar-refractivity contribution in [3.63, 3.8) is 0 Å². The van der Waals surface area contributed by atoms with Gasteiger partial charge in [-0.1, -0.05) is 25.5 Å². The van der Waals surface area contributed by atoms with E-state index in [-0.39, 0.29) is 11.3 Å². The van der Waals surface area contributed by atoms with Crippen molar-refractivity contribution in [2.24, 2.45) is 0 Å². The fourth-order valence-electron chi connectivity index (χ4n) is 1.72. The number of carboxylic acids is 1. The van der Waals surface area contributed by atoms with E-state index >= 15 is 0 Å². The average Bonchev–Trinajstić information content (AvgIpc) is 2.41. The van der Waals surface area contributed by atoms with Crippen LogP contribution in [0.1, 0.15) is 30.3 Å². The summed E-state index contributed by atoms with van der Waals surface area (Å²) in [5.74, 6) is -1.98. The molecule has 1 aromatic heterocycles. The van der Waals surface area contributed by atoms with Crippen LogP contribution in [-0.2, 0) is 0 Å². The van der Waals surface area contributed by atoms with Crippen LogP contribution in [0.2, 0.25) is 0 Å². The molecule has 0 saturated carbocycles. The first-order valence-corrected chi connectivity index (χ1v) is 6.07. The smallest absolute Gasteiger partial charge is 0.375 e. The number of hydrogen-bond acceptors (Lipinski definition) is 4. The molecular weight excluding hydrogens is 248 g/mol. The lowest BCUT2D eigenvalue weighted by Crippen LogP contribution is -2.14. The summed E-state index contributed by atoms with van der Waals surface area (Å²) in [7, 11) is 0. The molecule has 0 radical (unpaired) electrons. The second-order valence-electron chi connectivity index (χ2n) is 4.09. The van der Waals surface area contributed by atoms with Gasteiger partial charge in [0.05, 0.1) is 12.0 Å². The van der Waals surface area contributed by atoms with Gasteiger partial charge in [0.25, 0.3) is 5.76 Å². The molecule has 5 nitrogen and oxygen atoms in total. The molecule has 1 aromatic carbocycles. The highest BCUT2D eigenvalue weighted by Gasteiger charge is 2.21. The Morgan fingerprint density at radius 3 is 2.79 bits per heavy atom. The van der Waals surface area contributed by atoms with E-state index in [1.54, 1.807) is 24.3 Å². The lowest BCUT2D eigenvalue weighted by molar-refractivity contribution is 0.0655. The zero-order valence-electron chi connectivity index (χ0n) is 10.5. The first kappa shape index (κ1) is 13.1. The van der Waals surface area contributed by atoms with Crippen LogP contribution in [0.3, 0.4) is 0 Å². The van der Waals surface area contributed by atoms with E-state index in [0.717, 1.165) is 12.8 Å². The molecular formula is C14H14O5.